The summed E-state index contributed by atoms with van der Waals surface area (Å²) in [5.41, 5.74) is 2.44. The van der Waals surface area contributed by atoms with Crippen LogP contribution in [0.2, 0.25) is 0 Å². The normalized spacial score (nSPS) is 25.2. The van der Waals surface area contributed by atoms with E-state index in [1.165, 1.54) is 11.3 Å². The average molecular weight is 319 g/mol. The first-order valence-electron chi connectivity index (χ1n) is 7.47. The third kappa shape index (κ3) is 2.68. The second kappa shape index (κ2) is 5.52. The van der Waals surface area contributed by atoms with Crippen LogP contribution < -0.4 is 4.72 Å². The van der Waals surface area contributed by atoms with E-state index in [2.05, 4.69) is 28.5 Å². The molecule has 3 rings (SSSR count). The van der Waals surface area contributed by atoms with Crippen LogP contribution in [0.25, 0.3) is 0 Å². The Labute approximate surface area is 131 Å². The first-order chi connectivity index (χ1) is 10.4. The molecule has 5 nitrogen and oxygen atoms in total. The molecule has 2 heterocycles. The van der Waals surface area contributed by atoms with Gasteiger partial charge in [0.15, 0.2) is 0 Å². The predicted molar refractivity (Wildman–Crippen MR) is 87.1 cm³/mol. The monoisotopic (exact) mass is 319 g/mol. The van der Waals surface area contributed by atoms with Crippen molar-refractivity contribution in [2.45, 2.75) is 44.2 Å². The van der Waals surface area contributed by atoms with E-state index in [4.69, 9.17) is 0 Å². The SMILES string of the molecule is CC1=NC(C)C(C)=C2CC(NS(=O)(=O)c3ccccc3)CN12. The zero-order valence-corrected chi connectivity index (χ0v) is 13.9. The lowest BCUT2D eigenvalue weighted by atomic mass is 10.0. The lowest BCUT2D eigenvalue weighted by Crippen LogP contribution is -2.38. The Kier molecular flexibility index (Phi) is 3.82. The summed E-state index contributed by atoms with van der Waals surface area (Å²) in [7, 11) is -3.47. The third-order valence-corrected chi connectivity index (χ3v) is 5.93. The van der Waals surface area contributed by atoms with Crippen molar-refractivity contribution in [3.63, 3.8) is 0 Å². The molecule has 0 saturated carbocycles. The summed E-state index contributed by atoms with van der Waals surface area (Å²) in [6.45, 7) is 6.78. The van der Waals surface area contributed by atoms with Crippen molar-refractivity contribution in [1.82, 2.24) is 9.62 Å². The number of hydrogen-bond donors (Lipinski definition) is 1. The number of rotatable bonds is 3. The van der Waals surface area contributed by atoms with Gasteiger partial charge in [0.1, 0.15) is 5.84 Å². The van der Waals surface area contributed by atoms with Gasteiger partial charge in [0.05, 0.1) is 10.9 Å². The smallest absolute Gasteiger partial charge is 0.240 e. The quantitative estimate of drug-likeness (QED) is 0.928. The van der Waals surface area contributed by atoms with Crippen LogP contribution in [0.3, 0.4) is 0 Å². The van der Waals surface area contributed by atoms with E-state index < -0.39 is 10.0 Å². The predicted octanol–water partition coefficient (Wildman–Crippen LogP) is 2.13. The fourth-order valence-corrected chi connectivity index (χ4v) is 4.34. The van der Waals surface area contributed by atoms with Gasteiger partial charge in [-0.05, 0) is 38.5 Å². The van der Waals surface area contributed by atoms with E-state index in [0.717, 1.165) is 12.3 Å². The van der Waals surface area contributed by atoms with Crippen LogP contribution in [0.1, 0.15) is 27.2 Å². The average Bonchev–Trinajstić information content (AvgIpc) is 2.90. The highest BCUT2D eigenvalue weighted by atomic mass is 32.2. The molecule has 0 aliphatic carbocycles. The molecule has 1 aromatic rings. The fraction of sp³-hybridized carbons (Fsp3) is 0.438. The maximum absolute atomic E-state index is 12.4. The van der Waals surface area contributed by atoms with Crippen molar-refractivity contribution >= 4 is 15.9 Å². The first kappa shape index (κ1) is 15.2. The second-order valence-corrected chi connectivity index (χ2v) is 7.64. The molecule has 1 aromatic carbocycles. The van der Waals surface area contributed by atoms with Gasteiger partial charge in [0.25, 0.3) is 0 Å². The Morgan fingerprint density at radius 1 is 1.23 bits per heavy atom. The summed E-state index contributed by atoms with van der Waals surface area (Å²) in [5, 5.41) is 0. The molecule has 22 heavy (non-hydrogen) atoms. The molecule has 2 aliphatic heterocycles. The highest BCUT2D eigenvalue weighted by Crippen LogP contribution is 2.31. The standard InChI is InChI=1S/C16H21N3O2S/c1-11-12(2)17-13(3)19-10-14(9-16(11)19)18-22(20,21)15-7-5-4-6-8-15/h4-8,12,14,18H,9-10H2,1-3H3. The molecule has 0 spiro atoms. The minimum absolute atomic E-state index is 0.120. The van der Waals surface area contributed by atoms with Crippen molar-refractivity contribution < 1.29 is 8.42 Å². The Morgan fingerprint density at radius 3 is 2.59 bits per heavy atom. The van der Waals surface area contributed by atoms with E-state index >= 15 is 0 Å². The van der Waals surface area contributed by atoms with E-state index in [1.807, 2.05) is 13.0 Å². The van der Waals surface area contributed by atoms with Crippen molar-refractivity contribution in [3.8, 4) is 0 Å². The van der Waals surface area contributed by atoms with Crippen LogP contribution in [0, 0.1) is 0 Å². The van der Waals surface area contributed by atoms with Crippen molar-refractivity contribution in [1.29, 1.82) is 0 Å². The van der Waals surface area contributed by atoms with Gasteiger partial charge in [-0.3, -0.25) is 4.99 Å². The summed E-state index contributed by atoms with van der Waals surface area (Å²) < 4.78 is 27.7. The van der Waals surface area contributed by atoms with Crippen LogP contribution >= 0.6 is 0 Å². The first-order valence-corrected chi connectivity index (χ1v) is 8.96. The second-order valence-electron chi connectivity index (χ2n) is 5.93. The molecule has 2 aliphatic rings. The van der Waals surface area contributed by atoms with E-state index in [0.29, 0.717) is 11.4 Å². The molecule has 1 N–H and O–H groups in total. The molecular formula is C16H21N3O2S. The molecule has 1 saturated heterocycles. The number of benzene rings is 1. The summed E-state index contributed by atoms with van der Waals surface area (Å²) in [6.07, 6.45) is 0.717. The highest BCUT2D eigenvalue weighted by Gasteiger charge is 2.35. The topological polar surface area (TPSA) is 61.8 Å². The van der Waals surface area contributed by atoms with Gasteiger partial charge < -0.3 is 4.90 Å². The van der Waals surface area contributed by atoms with Gasteiger partial charge in [-0.1, -0.05) is 18.2 Å². The minimum atomic E-state index is -3.47. The molecule has 0 aromatic heterocycles. The Morgan fingerprint density at radius 2 is 1.91 bits per heavy atom. The Hall–Kier alpha value is -1.66. The summed E-state index contributed by atoms with van der Waals surface area (Å²) >= 11 is 0. The lowest BCUT2D eigenvalue weighted by Gasteiger charge is -2.28. The molecule has 2 unspecified atom stereocenters. The highest BCUT2D eigenvalue weighted by molar-refractivity contribution is 7.89. The molecule has 0 radical (unpaired) electrons. The number of nitrogens with zero attached hydrogens (tertiary/aromatic N) is 2. The third-order valence-electron chi connectivity index (χ3n) is 4.40. The number of nitrogens with one attached hydrogen (secondary N) is 1. The van der Waals surface area contributed by atoms with Gasteiger partial charge in [0.2, 0.25) is 10.0 Å². The fourth-order valence-electron chi connectivity index (χ4n) is 3.09. The number of sulfonamides is 1. The van der Waals surface area contributed by atoms with Gasteiger partial charge in [-0.2, -0.15) is 0 Å². The number of aliphatic imine (C=N–C) groups is 1. The van der Waals surface area contributed by atoms with Crippen LogP contribution in [0.4, 0.5) is 0 Å². The maximum atomic E-state index is 12.4. The molecule has 0 bridgehead atoms. The Bertz CT molecular complexity index is 738. The lowest BCUT2D eigenvalue weighted by molar-refractivity contribution is 0.509. The van der Waals surface area contributed by atoms with Crippen molar-refractivity contribution in [2.75, 3.05) is 6.54 Å². The zero-order chi connectivity index (χ0) is 15.9. The summed E-state index contributed by atoms with van der Waals surface area (Å²) in [4.78, 5) is 7.04. The molecule has 0 amide bonds. The van der Waals surface area contributed by atoms with Crippen LogP contribution in [-0.4, -0.2) is 37.8 Å². The largest absolute Gasteiger partial charge is 0.332 e. The van der Waals surface area contributed by atoms with E-state index in [1.54, 1.807) is 24.3 Å². The molecule has 1 fully saturated rings. The molecule has 2 atom stereocenters. The number of amidine groups is 1. The summed E-state index contributed by atoms with van der Waals surface area (Å²) in [6, 6.07) is 8.56. The maximum Gasteiger partial charge on any atom is 0.240 e. The molecular weight excluding hydrogens is 298 g/mol. The number of fused-ring (bicyclic) bond motifs is 1. The van der Waals surface area contributed by atoms with Gasteiger partial charge in [-0.25, -0.2) is 13.1 Å². The minimum Gasteiger partial charge on any atom is -0.332 e. The molecule has 6 heteroatoms. The van der Waals surface area contributed by atoms with Crippen LogP contribution in [0.5, 0.6) is 0 Å². The Balaban J connectivity index is 1.81. The zero-order valence-electron chi connectivity index (χ0n) is 13.1. The van der Waals surface area contributed by atoms with Crippen molar-refractivity contribution in [2.24, 2.45) is 4.99 Å². The molecule has 118 valence electrons. The summed E-state index contributed by atoms with van der Waals surface area (Å²) in [5.74, 6) is 0.967. The van der Waals surface area contributed by atoms with E-state index in [-0.39, 0.29) is 12.1 Å². The number of hydrogen-bond acceptors (Lipinski definition) is 4. The van der Waals surface area contributed by atoms with E-state index in [9.17, 15) is 8.42 Å². The van der Waals surface area contributed by atoms with Crippen molar-refractivity contribution in [3.05, 3.63) is 41.6 Å². The van der Waals surface area contributed by atoms with Gasteiger partial charge >= 0.3 is 0 Å². The van der Waals surface area contributed by atoms with Crippen LogP contribution in [-0.2, 0) is 10.0 Å². The van der Waals surface area contributed by atoms with Gasteiger partial charge in [-0.15, -0.1) is 0 Å². The van der Waals surface area contributed by atoms with Gasteiger partial charge in [0, 0.05) is 24.7 Å². The van der Waals surface area contributed by atoms with Crippen LogP contribution in [0.15, 0.2) is 51.5 Å².